The van der Waals surface area contributed by atoms with E-state index in [0.717, 1.165) is 12.7 Å². The lowest BCUT2D eigenvalue weighted by atomic mass is 9.43. The molecule has 0 spiro atoms. The molecule has 0 radical (unpaired) electrons. The lowest BCUT2D eigenvalue weighted by molar-refractivity contribution is -0.184. The number of fused-ring (bicyclic) bond motifs is 2. The van der Waals surface area contributed by atoms with Crippen LogP contribution in [0.5, 0.6) is 0 Å². The average Bonchev–Trinajstić information content (AvgIpc) is 3.54. The molecule has 0 aromatic heterocycles. The first-order valence-electron chi connectivity index (χ1n) is 16.8. The average molecular weight is 634 g/mol. The molecule has 2 aliphatic rings. The summed E-state index contributed by atoms with van der Waals surface area (Å²) in [6.07, 6.45) is 5.86. The van der Waals surface area contributed by atoms with E-state index >= 15 is 0 Å². The number of rotatable bonds is 14. The molecule has 2 heterocycles. The minimum Gasteiger partial charge on any atom is -0.501 e. The van der Waals surface area contributed by atoms with Gasteiger partial charge in [0.2, 0.25) is 5.91 Å². The van der Waals surface area contributed by atoms with E-state index in [1.54, 1.807) is 19.1 Å². The number of esters is 1. The van der Waals surface area contributed by atoms with Crippen LogP contribution in [0.3, 0.4) is 0 Å². The second-order valence-corrected chi connectivity index (χ2v) is 17.0. The summed E-state index contributed by atoms with van der Waals surface area (Å²) in [6.45, 7) is 35.2. The van der Waals surface area contributed by atoms with Gasteiger partial charge in [-0.15, -0.1) is 0 Å². The number of nitrogens with zero attached hydrogens (tertiary/aromatic N) is 1. The van der Waals surface area contributed by atoms with Crippen molar-refractivity contribution in [3.63, 3.8) is 0 Å². The van der Waals surface area contributed by atoms with E-state index in [1.807, 2.05) is 32.9 Å². The van der Waals surface area contributed by atoms with Gasteiger partial charge in [0.15, 0.2) is 0 Å². The number of aldehydes is 1. The quantitative estimate of drug-likeness (QED) is 0.0630. The molecule has 1 amide bonds. The molecule has 6 unspecified atom stereocenters. The van der Waals surface area contributed by atoms with Crippen LogP contribution in [0, 0.1) is 44.3 Å². The Balaban J connectivity index is 0.00000496. The van der Waals surface area contributed by atoms with Crippen molar-refractivity contribution in [1.29, 1.82) is 0 Å². The fourth-order valence-corrected chi connectivity index (χ4v) is 7.74. The summed E-state index contributed by atoms with van der Waals surface area (Å²) in [5.74, 6) is -0.583. The molecular formula is C38H67NO6. The molecule has 45 heavy (non-hydrogen) atoms. The van der Waals surface area contributed by atoms with E-state index in [4.69, 9.17) is 14.2 Å². The van der Waals surface area contributed by atoms with E-state index < -0.39 is 33.5 Å². The molecule has 7 nitrogen and oxygen atoms in total. The van der Waals surface area contributed by atoms with E-state index in [-0.39, 0.29) is 41.5 Å². The topological polar surface area (TPSA) is 82.1 Å². The molecule has 0 aromatic carbocycles. The van der Waals surface area contributed by atoms with Gasteiger partial charge in [0.05, 0.1) is 48.9 Å². The largest absolute Gasteiger partial charge is 0.501 e. The lowest BCUT2D eigenvalue weighted by Crippen LogP contribution is -2.58. The highest BCUT2D eigenvalue weighted by Gasteiger charge is 2.63. The predicted octanol–water partition coefficient (Wildman–Crippen LogP) is 8.27. The second-order valence-electron chi connectivity index (χ2n) is 17.0. The standard InChI is InChI=1S/C36H61NO6.C2H6/c1-24(41-15)35(12,22-31(2,3)4)33(8,9)34(10,11)36(13,23-32(5,6)7)30(40)42-20-16-19-37(14)29(39)28-25(21-38)26-17-18-27(28)43-26;1-2/h17-18,21,25-28H,1,16,19-20,22-23H2,2-15H3;1-2H3. The molecular weight excluding hydrogens is 566 g/mol. The first-order valence-corrected chi connectivity index (χ1v) is 16.8. The van der Waals surface area contributed by atoms with Crippen LogP contribution in [-0.2, 0) is 28.6 Å². The van der Waals surface area contributed by atoms with Crippen molar-refractivity contribution < 1.29 is 28.6 Å². The van der Waals surface area contributed by atoms with Gasteiger partial charge in [0, 0.05) is 19.0 Å². The summed E-state index contributed by atoms with van der Waals surface area (Å²) in [5.41, 5.74) is -2.40. The maximum atomic E-state index is 14.2. The van der Waals surface area contributed by atoms with E-state index in [9.17, 15) is 14.4 Å². The van der Waals surface area contributed by atoms with Crippen molar-refractivity contribution in [2.45, 2.75) is 128 Å². The minimum absolute atomic E-state index is 0.000162. The number of carbonyl (C=O) groups is 3. The third-order valence-electron chi connectivity index (χ3n) is 11.0. The monoisotopic (exact) mass is 633 g/mol. The minimum atomic E-state index is -0.840. The lowest BCUT2D eigenvalue weighted by Gasteiger charge is -2.61. The van der Waals surface area contributed by atoms with Crippen LogP contribution in [-0.4, -0.2) is 62.6 Å². The molecule has 0 aromatic rings. The molecule has 2 aliphatic heterocycles. The zero-order valence-electron chi connectivity index (χ0n) is 31.7. The van der Waals surface area contributed by atoms with E-state index in [1.165, 1.54) is 0 Å². The van der Waals surface area contributed by atoms with Gasteiger partial charge in [-0.25, -0.2) is 0 Å². The van der Waals surface area contributed by atoms with Crippen LogP contribution in [0.1, 0.15) is 116 Å². The molecule has 7 heteroatoms. The van der Waals surface area contributed by atoms with Gasteiger partial charge in [0.1, 0.15) is 6.29 Å². The van der Waals surface area contributed by atoms with Crippen LogP contribution in [0.25, 0.3) is 0 Å². The smallest absolute Gasteiger partial charge is 0.312 e. The highest BCUT2D eigenvalue weighted by Crippen LogP contribution is 2.65. The number of allylic oxidation sites excluding steroid dienone is 1. The molecule has 0 saturated carbocycles. The van der Waals surface area contributed by atoms with Crippen LogP contribution in [0.15, 0.2) is 24.5 Å². The molecule has 0 aliphatic carbocycles. The van der Waals surface area contributed by atoms with Crippen molar-refractivity contribution in [3.05, 3.63) is 24.5 Å². The Hall–Kier alpha value is -2.15. The fourth-order valence-electron chi connectivity index (χ4n) is 7.74. The van der Waals surface area contributed by atoms with Crippen LogP contribution >= 0.6 is 0 Å². The molecule has 260 valence electrons. The number of hydrogen-bond acceptors (Lipinski definition) is 6. The Bertz CT molecular complexity index is 1080. The normalized spacial score (nSPS) is 24.1. The summed E-state index contributed by atoms with van der Waals surface area (Å²) < 4.78 is 17.6. The molecule has 2 rings (SSSR count). The van der Waals surface area contributed by atoms with Gasteiger partial charge in [-0.2, -0.15) is 0 Å². The number of methoxy groups -OCH3 is 1. The third-order valence-corrected chi connectivity index (χ3v) is 11.0. The number of hydrogen-bond donors (Lipinski definition) is 0. The summed E-state index contributed by atoms with van der Waals surface area (Å²) in [5, 5.41) is 0. The highest BCUT2D eigenvalue weighted by molar-refractivity contribution is 5.84. The highest BCUT2D eigenvalue weighted by atomic mass is 16.5. The van der Waals surface area contributed by atoms with Crippen LogP contribution in [0.2, 0.25) is 0 Å². The first-order chi connectivity index (χ1) is 20.4. The Labute approximate surface area is 275 Å². The van der Waals surface area contributed by atoms with Crippen molar-refractivity contribution in [2.24, 2.45) is 44.3 Å². The maximum Gasteiger partial charge on any atom is 0.312 e. The Morgan fingerprint density at radius 3 is 1.78 bits per heavy atom. The SMILES string of the molecule is C=C(OC)C(C)(CC(C)(C)C)C(C)(C)C(C)(C)C(C)(CC(C)(C)C)C(=O)OCCCN(C)C(=O)C1C2C=CC(O2)C1C=O.CC. The number of carbonyl (C=O) groups excluding carboxylic acids is 3. The molecule has 1 saturated heterocycles. The van der Waals surface area contributed by atoms with Crippen molar-refractivity contribution in [2.75, 3.05) is 27.3 Å². The van der Waals surface area contributed by atoms with Crippen LogP contribution < -0.4 is 0 Å². The number of amides is 1. The number of ether oxygens (including phenoxy) is 3. The Kier molecular flexibility index (Phi) is 13.4. The second kappa shape index (κ2) is 14.7. The Morgan fingerprint density at radius 2 is 1.31 bits per heavy atom. The van der Waals surface area contributed by atoms with Gasteiger partial charge in [-0.1, -0.05) is 109 Å². The van der Waals surface area contributed by atoms with Crippen molar-refractivity contribution in [1.82, 2.24) is 4.90 Å². The van der Waals surface area contributed by atoms with Gasteiger partial charge in [-0.05, 0) is 47.8 Å². The fraction of sp³-hybridized carbons (Fsp3) is 0.816. The molecule has 2 bridgehead atoms. The molecule has 1 fully saturated rings. The summed E-state index contributed by atoms with van der Waals surface area (Å²) in [4.78, 5) is 40.7. The summed E-state index contributed by atoms with van der Waals surface area (Å²) in [7, 11) is 3.41. The van der Waals surface area contributed by atoms with Crippen molar-refractivity contribution >= 4 is 18.2 Å². The zero-order chi connectivity index (χ0) is 35.4. The predicted molar refractivity (Wildman–Crippen MR) is 183 cm³/mol. The van der Waals surface area contributed by atoms with Crippen LogP contribution in [0.4, 0.5) is 0 Å². The van der Waals surface area contributed by atoms with Gasteiger partial charge in [-0.3, -0.25) is 9.59 Å². The zero-order valence-corrected chi connectivity index (χ0v) is 31.7. The first kappa shape index (κ1) is 40.9. The van der Waals surface area contributed by atoms with Gasteiger partial charge >= 0.3 is 5.97 Å². The van der Waals surface area contributed by atoms with Crippen molar-refractivity contribution in [3.8, 4) is 0 Å². The third kappa shape index (κ3) is 8.42. The molecule has 6 atom stereocenters. The van der Waals surface area contributed by atoms with E-state index in [0.29, 0.717) is 25.1 Å². The summed E-state index contributed by atoms with van der Waals surface area (Å²) >= 11 is 0. The van der Waals surface area contributed by atoms with E-state index in [2.05, 4.69) is 82.7 Å². The summed E-state index contributed by atoms with van der Waals surface area (Å²) in [6, 6.07) is 0. The molecule has 0 N–H and O–H groups in total. The van der Waals surface area contributed by atoms with Gasteiger partial charge in [0.25, 0.3) is 0 Å². The van der Waals surface area contributed by atoms with Gasteiger partial charge < -0.3 is 23.9 Å². The maximum absolute atomic E-state index is 14.2. The Morgan fingerprint density at radius 1 is 0.844 bits per heavy atom.